The van der Waals surface area contributed by atoms with E-state index >= 15 is 0 Å². The van der Waals surface area contributed by atoms with Gasteiger partial charge in [0, 0.05) is 6.07 Å². The molecule has 0 aliphatic carbocycles. The number of benzene rings is 3. The normalized spacial score (nSPS) is 9.91. The molecule has 0 spiro atoms. The van der Waals surface area contributed by atoms with Gasteiger partial charge in [0.05, 0.1) is 31.8 Å². The number of aromatic carboxylic acids is 1. The second-order valence-corrected chi connectivity index (χ2v) is 7.58. The van der Waals surface area contributed by atoms with E-state index in [1.807, 2.05) is 31.2 Å². The Morgan fingerprint density at radius 3 is 1.81 bits per heavy atom. The standard InChI is InChI=1S/C8H8O3.C8H10O.C7H8O4S/c1-11-7-4-2-6(3-5-7)8(9)10;1-7-5-3-4-6-8(7)9-2;1-11-6-3-2-4-7(5-6)12(8,9)10/h2-5H,1H3,(H,9,10);3-6H,1-2H3;2-5H,1H3,(H,8,9,10). The highest BCUT2D eigenvalue weighted by atomic mass is 32.2. The highest BCUT2D eigenvalue weighted by molar-refractivity contribution is 7.85. The van der Waals surface area contributed by atoms with Crippen molar-refractivity contribution in [2.45, 2.75) is 11.8 Å². The van der Waals surface area contributed by atoms with Crippen LogP contribution in [-0.4, -0.2) is 45.4 Å². The largest absolute Gasteiger partial charge is 0.497 e. The predicted molar refractivity (Wildman–Crippen MR) is 120 cm³/mol. The van der Waals surface area contributed by atoms with Crippen molar-refractivity contribution < 1.29 is 37.1 Å². The quantitative estimate of drug-likeness (QED) is 0.538. The molecule has 0 aliphatic heterocycles. The summed E-state index contributed by atoms with van der Waals surface area (Å²) in [6, 6.07) is 19.8. The maximum absolute atomic E-state index is 10.6. The van der Waals surface area contributed by atoms with Crippen LogP contribution >= 0.6 is 0 Å². The van der Waals surface area contributed by atoms with E-state index in [1.54, 1.807) is 25.3 Å². The van der Waals surface area contributed by atoms with Crippen molar-refractivity contribution in [3.8, 4) is 17.2 Å². The van der Waals surface area contributed by atoms with E-state index in [4.69, 9.17) is 23.9 Å². The van der Waals surface area contributed by atoms with Crippen LogP contribution in [0.25, 0.3) is 0 Å². The third kappa shape index (κ3) is 9.07. The molecular formula is C23H26O8S. The van der Waals surface area contributed by atoms with Crippen molar-refractivity contribution in [1.29, 1.82) is 0 Å². The minimum atomic E-state index is -4.12. The van der Waals surface area contributed by atoms with Crippen molar-refractivity contribution in [2.75, 3.05) is 21.3 Å². The van der Waals surface area contributed by atoms with Crippen molar-refractivity contribution in [1.82, 2.24) is 0 Å². The lowest BCUT2D eigenvalue weighted by atomic mass is 10.2. The molecule has 32 heavy (non-hydrogen) atoms. The number of carboxylic acid groups (broad SMARTS) is 1. The fourth-order valence-electron chi connectivity index (χ4n) is 2.28. The number of hydrogen-bond acceptors (Lipinski definition) is 6. The SMILES string of the molecule is COc1ccc(C(=O)O)cc1.COc1cccc(S(=O)(=O)O)c1.COc1ccccc1C. The fourth-order valence-corrected chi connectivity index (χ4v) is 2.80. The molecule has 0 fully saturated rings. The topological polar surface area (TPSA) is 119 Å². The van der Waals surface area contributed by atoms with E-state index < -0.39 is 16.1 Å². The number of carbonyl (C=O) groups is 1. The van der Waals surface area contributed by atoms with Gasteiger partial charge < -0.3 is 19.3 Å². The van der Waals surface area contributed by atoms with Gasteiger partial charge in [-0.25, -0.2) is 4.79 Å². The molecule has 172 valence electrons. The molecule has 0 bridgehead atoms. The number of aryl methyl sites for hydroxylation is 1. The van der Waals surface area contributed by atoms with E-state index in [0.717, 1.165) is 5.75 Å². The number of methoxy groups -OCH3 is 3. The van der Waals surface area contributed by atoms with Crippen LogP contribution in [0, 0.1) is 6.92 Å². The number of rotatable bonds is 5. The molecule has 9 heteroatoms. The summed E-state index contributed by atoms with van der Waals surface area (Å²) in [4.78, 5) is 10.2. The van der Waals surface area contributed by atoms with Gasteiger partial charge in [0.15, 0.2) is 0 Å². The molecule has 3 aromatic carbocycles. The maximum atomic E-state index is 10.6. The van der Waals surface area contributed by atoms with Crippen LogP contribution in [-0.2, 0) is 10.1 Å². The highest BCUT2D eigenvalue weighted by Gasteiger charge is 2.09. The zero-order valence-electron chi connectivity index (χ0n) is 18.2. The Kier molecular flexibility index (Phi) is 10.7. The first-order chi connectivity index (χ1) is 15.1. The van der Waals surface area contributed by atoms with Gasteiger partial charge in [-0.1, -0.05) is 24.3 Å². The summed E-state index contributed by atoms with van der Waals surface area (Å²) in [6.07, 6.45) is 0. The van der Waals surface area contributed by atoms with Crippen LogP contribution in [0.15, 0.2) is 77.7 Å². The van der Waals surface area contributed by atoms with Crippen LogP contribution < -0.4 is 14.2 Å². The van der Waals surface area contributed by atoms with Crippen LogP contribution in [0.5, 0.6) is 17.2 Å². The third-order valence-corrected chi connectivity index (χ3v) is 4.84. The van der Waals surface area contributed by atoms with Crippen LogP contribution in [0.3, 0.4) is 0 Å². The molecule has 3 rings (SSSR count). The van der Waals surface area contributed by atoms with Gasteiger partial charge in [-0.15, -0.1) is 0 Å². The maximum Gasteiger partial charge on any atom is 0.335 e. The van der Waals surface area contributed by atoms with E-state index in [1.165, 1.54) is 50.1 Å². The minimum absolute atomic E-state index is 0.165. The van der Waals surface area contributed by atoms with E-state index in [-0.39, 0.29) is 10.5 Å². The van der Waals surface area contributed by atoms with Gasteiger partial charge in [0.1, 0.15) is 17.2 Å². The van der Waals surface area contributed by atoms with Gasteiger partial charge in [0.25, 0.3) is 10.1 Å². The van der Waals surface area contributed by atoms with Gasteiger partial charge in [-0.05, 0) is 55.0 Å². The van der Waals surface area contributed by atoms with E-state index in [2.05, 4.69) is 0 Å². The summed E-state index contributed by atoms with van der Waals surface area (Å²) < 4.78 is 44.5. The molecule has 0 aliphatic rings. The third-order valence-electron chi connectivity index (χ3n) is 3.99. The molecular weight excluding hydrogens is 436 g/mol. The van der Waals surface area contributed by atoms with Crippen molar-refractivity contribution in [3.63, 3.8) is 0 Å². The Morgan fingerprint density at radius 1 is 0.781 bits per heavy atom. The summed E-state index contributed by atoms with van der Waals surface area (Å²) in [5, 5.41) is 8.51. The van der Waals surface area contributed by atoms with Crippen molar-refractivity contribution in [3.05, 3.63) is 83.9 Å². The molecule has 0 atom stereocenters. The molecule has 0 unspecified atom stereocenters. The second-order valence-electron chi connectivity index (χ2n) is 6.16. The van der Waals surface area contributed by atoms with Crippen LogP contribution in [0.2, 0.25) is 0 Å². The van der Waals surface area contributed by atoms with Gasteiger partial charge in [0.2, 0.25) is 0 Å². The molecule has 0 saturated heterocycles. The monoisotopic (exact) mass is 462 g/mol. The van der Waals surface area contributed by atoms with E-state index in [0.29, 0.717) is 11.5 Å². The summed E-state index contributed by atoms with van der Waals surface area (Å²) in [7, 11) is 0.525. The first-order valence-corrected chi connectivity index (χ1v) is 10.6. The first-order valence-electron chi connectivity index (χ1n) is 9.20. The number of hydrogen-bond donors (Lipinski definition) is 2. The van der Waals surface area contributed by atoms with Crippen molar-refractivity contribution >= 4 is 16.1 Å². The predicted octanol–water partition coefficient (Wildman–Crippen LogP) is 4.34. The van der Waals surface area contributed by atoms with Gasteiger partial charge >= 0.3 is 5.97 Å². The lowest BCUT2D eigenvalue weighted by Crippen LogP contribution is -1.97. The molecule has 2 N–H and O–H groups in total. The number of para-hydroxylation sites is 1. The molecule has 0 amide bonds. The van der Waals surface area contributed by atoms with Crippen LogP contribution in [0.1, 0.15) is 15.9 Å². The molecule has 0 heterocycles. The summed E-state index contributed by atoms with van der Waals surface area (Å²) in [6.45, 7) is 2.03. The summed E-state index contributed by atoms with van der Waals surface area (Å²) in [5.41, 5.74) is 1.45. The highest BCUT2D eigenvalue weighted by Crippen LogP contribution is 2.16. The summed E-state index contributed by atoms with van der Waals surface area (Å²) in [5.74, 6) is 1.09. The van der Waals surface area contributed by atoms with Gasteiger partial charge in [-0.2, -0.15) is 8.42 Å². The Hall–Kier alpha value is -3.56. The van der Waals surface area contributed by atoms with Gasteiger partial charge in [-0.3, -0.25) is 4.55 Å². The fraction of sp³-hybridized carbons (Fsp3) is 0.174. The van der Waals surface area contributed by atoms with E-state index in [9.17, 15) is 13.2 Å². The molecule has 8 nitrogen and oxygen atoms in total. The molecule has 0 saturated carbocycles. The zero-order chi connectivity index (χ0) is 24.1. The Morgan fingerprint density at radius 2 is 1.38 bits per heavy atom. The van der Waals surface area contributed by atoms with Crippen molar-refractivity contribution in [2.24, 2.45) is 0 Å². The average molecular weight is 463 g/mol. The number of carboxylic acids is 1. The smallest absolute Gasteiger partial charge is 0.335 e. The molecule has 3 aromatic rings. The Balaban J connectivity index is 0.000000242. The summed E-state index contributed by atoms with van der Waals surface area (Å²) >= 11 is 0. The Labute approximate surface area is 187 Å². The molecule has 0 aromatic heterocycles. The zero-order valence-corrected chi connectivity index (χ0v) is 19.0. The second kappa shape index (κ2) is 13.0. The minimum Gasteiger partial charge on any atom is -0.497 e. The lowest BCUT2D eigenvalue weighted by molar-refractivity contribution is 0.0697. The lowest BCUT2D eigenvalue weighted by Gasteiger charge is -2.00. The average Bonchev–Trinajstić information content (AvgIpc) is 2.80. The first kappa shape index (κ1) is 26.5. The Bertz CT molecular complexity index is 1090. The molecule has 0 radical (unpaired) electrons. The number of ether oxygens (including phenoxy) is 3. The van der Waals surface area contributed by atoms with Crippen LogP contribution in [0.4, 0.5) is 0 Å².